The molecule has 4 aliphatic carbocycles. The van der Waals surface area contributed by atoms with Gasteiger partial charge in [0.2, 0.25) is 0 Å². The average molecular weight is 255 g/mol. The Labute approximate surface area is 93.4 Å². The molecule has 4 fully saturated rings. The van der Waals surface area contributed by atoms with Crippen molar-refractivity contribution in [2.45, 2.75) is 37.7 Å². The van der Waals surface area contributed by atoms with Gasteiger partial charge in [-0.1, -0.05) is 5.92 Å². The van der Waals surface area contributed by atoms with Crippen LogP contribution in [0.15, 0.2) is 0 Å². The molecule has 0 aromatic rings. The molecule has 1 nitrogen and oxygen atoms in total. The molecule has 4 saturated carbocycles. The molecule has 0 spiro atoms. The van der Waals surface area contributed by atoms with Crippen LogP contribution in [0, 0.1) is 34.4 Å². The molecule has 0 heterocycles. The van der Waals surface area contributed by atoms with Gasteiger partial charge >= 0.3 is 0 Å². The Hall–Kier alpha value is 0. The number of rotatable bonds is 0. The van der Waals surface area contributed by atoms with Crippen LogP contribution >= 0.6 is 15.9 Å². The number of hydrogen-bond donors (Lipinski definition) is 1. The minimum Gasteiger partial charge on any atom is -0.377 e. The minimum absolute atomic E-state index is 0.462. The second kappa shape index (κ2) is 3.00. The van der Waals surface area contributed by atoms with E-state index in [1.165, 1.54) is 32.1 Å². The highest BCUT2D eigenvalue weighted by Gasteiger charge is 2.55. The fourth-order valence-electron chi connectivity index (χ4n) is 4.18. The third-order valence-electron chi connectivity index (χ3n) is 4.63. The number of halogens is 1. The van der Waals surface area contributed by atoms with E-state index in [9.17, 15) is 5.11 Å². The average Bonchev–Trinajstić information content (AvgIpc) is 2.14. The molecule has 4 rings (SSSR count). The van der Waals surface area contributed by atoms with Crippen molar-refractivity contribution in [3.8, 4) is 10.8 Å². The van der Waals surface area contributed by atoms with Gasteiger partial charge in [-0.3, -0.25) is 0 Å². The quantitative estimate of drug-likeness (QED) is 0.659. The smallest absolute Gasteiger partial charge is 0.132 e. The highest BCUT2D eigenvalue weighted by molar-refractivity contribution is 9.12. The van der Waals surface area contributed by atoms with Gasteiger partial charge in [0.15, 0.2) is 0 Å². The standard InChI is InChI=1S/C12H15BrO/c13-2-1-12(14)10-4-8-3-9(6-10)7-11(12)5-8/h8-11,14H,3-7H2. The van der Waals surface area contributed by atoms with Crippen LogP contribution in [0.25, 0.3) is 0 Å². The van der Waals surface area contributed by atoms with E-state index in [4.69, 9.17) is 0 Å². The van der Waals surface area contributed by atoms with E-state index in [1.807, 2.05) is 0 Å². The topological polar surface area (TPSA) is 20.2 Å². The fourth-order valence-corrected chi connectivity index (χ4v) is 4.50. The maximum Gasteiger partial charge on any atom is 0.132 e. The molecule has 1 N–H and O–H groups in total. The molecule has 0 aromatic carbocycles. The molecule has 0 saturated heterocycles. The lowest BCUT2D eigenvalue weighted by molar-refractivity contribution is -0.136. The van der Waals surface area contributed by atoms with Gasteiger partial charge in [-0.2, -0.15) is 0 Å². The summed E-state index contributed by atoms with van der Waals surface area (Å²) in [5.41, 5.74) is -0.656. The summed E-state index contributed by atoms with van der Waals surface area (Å²) in [6.07, 6.45) is 6.28. The van der Waals surface area contributed by atoms with Crippen molar-refractivity contribution in [2.24, 2.45) is 23.7 Å². The molecule has 14 heavy (non-hydrogen) atoms. The summed E-state index contributed by atoms with van der Waals surface area (Å²) in [5.74, 6) is 5.75. The predicted octanol–water partition coefficient (Wildman–Crippen LogP) is 2.53. The van der Waals surface area contributed by atoms with Gasteiger partial charge in [-0.25, -0.2) is 0 Å². The van der Waals surface area contributed by atoms with Crippen LogP contribution in [-0.2, 0) is 0 Å². The van der Waals surface area contributed by atoms with E-state index in [2.05, 4.69) is 26.7 Å². The zero-order valence-corrected chi connectivity index (χ0v) is 9.76. The summed E-state index contributed by atoms with van der Waals surface area (Å²) < 4.78 is 0. The summed E-state index contributed by atoms with van der Waals surface area (Å²) in [4.78, 5) is 2.75. The fraction of sp³-hybridized carbons (Fsp3) is 0.833. The van der Waals surface area contributed by atoms with Gasteiger partial charge in [0.25, 0.3) is 0 Å². The molecule has 4 aliphatic rings. The highest BCUT2D eigenvalue weighted by atomic mass is 79.9. The van der Waals surface area contributed by atoms with Gasteiger partial charge in [0.05, 0.1) is 0 Å². The zero-order valence-electron chi connectivity index (χ0n) is 8.17. The molecule has 0 amide bonds. The van der Waals surface area contributed by atoms with Crippen LogP contribution in [0.4, 0.5) is 0 Å². The van der Waals surface area contributed by atoms with Gasteiger partial charge in [-0.15, -0.1) is 0 Å². The van der Waals surface area contributed by atoms with Crippen LogP contribution in [0.1, 0.15) is 32.1 Å². The molecule has 0 unspecified atom stereocenters. The lowest BCUT2D eigenvalue weighted by Crippen LogP contribution is -2.56. The highest BCUT2D eigenvalue weighted by Crippen LogP contribution is 2.58. The first-order chi connectivity index (χ1) is 6.72. The maximum atomic E-state index is 10.6. The monoisotopic (exact) mass is 254 g/mol. The normalized spacial score (nSPS) is 54.1. The molecule has 0 radical (unpaired) electrons. The lowest BCUT2D eigenvalue weighted by Gasteiger charge is -2.56. The zero-order chi connectivity index (χ0) is 9.76. The Morgan fingerprint density at radius 1 is 1.00 bits per heavy atom. The Morgan fingerprint density at radius 2 is 1.50 bits per heavy atom. The molecule has 0 aromatic heterocycles. The number of aliphatic hydroxyl groups is 1. The van der Waals surface area contributed by atoms with Gasteiger partial charge in [0, 0.05) is 15.9 Å². The van der Waals surface area contributed by atoms with Crippen LogP contribution in [0.2, 0.25) is 0 Å². The summed E-state index contributed by atoms with van der Waals surface area (Å²) in [5, 5.41) is 10.6. The van der Waals surface area contributed by atoms with Crippen molar-refractivity contribution in [3.63, 3.8) is 0 Å². The minimum atomic E-state index is -0.656. The van der Waals surface area contributed by atoms with Crippen molar-refractivity contribution < 1.29 is 5.11 Å². The third-order valence-corrected chi connectivity index (χ3v) is 4.83. The Morgan fingerprint density at radius 3 is 1.93 bits per heavy atom. The SMILES string of the molecule is OC1(C#CBr)C2CC3CC(C2)CC1C3. The maximum absolute atomic E-state index is 10.6. The third kappa shape index (κ3) is 1.12. The summed E-state index contributed by atoms with van der Waals surface area (Å²) in [6, 6.07) is 0. The van der Waals surface area contributed by atoms with Crippen molar-refractivity contribution in [1.82, 2.24) is 0 Å². The Bertz CT molecular complexity index is 284. The van der Waals surface area contributed by atoms with Crippen molar-refractivity contribution in [3.05, 3.63) is 0 Å². The summed E-state index contributed by atoms with van der Waals surface area (Å²) in [6.45, 7) is 0. The molecule has 0 aliphatic heterocycles. The predicted molar refractivity (Wildman–Crippen MR) is 58.7 cm³/mol. The second-order valence-corrected chi connectivity index (χ2v) is 5.75. The van der Waals surface area contributed by atoms with E-state index in [0.29, 0.717) is 11.8 Å². The van der Waals surface area contributed by atoms with E-state index in [0.717, 1.165) is 11.8 Å². The summed E-state index contributed by atoms with van der Waals surface area (Å²) >= 11 is 3.13. The van der Waals surface area contributed by atoms with Crippen LogP contribution < -0.4 is 0 Å². The molecule has 0 atom stereocenters. The van der Waals surface area contributed by atoms with E-state index >= 15 is 0 Å². The Balaban J connectivity index is 1.97. The Kier molecular flexibility index (Phi) is 1.98. The van der Waals surface area contributed by atoms with Crippen molar-refractivity contribution in [2.75, 3.05) is 0 Å². The van der Waals surface area contributed by atoms with Crippen LogP contribution in [-0.4, -0.2) is 10.7 Å². The first-order valence-electron chi connectivity index (χ1n) is 5.57. The first-order valence-corrected chi connectivity index (χ1v) is 6.37. The van der Waals surface area contributed by atoms with Crippen LogP contribution in [0.5, 0.6) is 0 Å². The van der Waals surface area contributed by atoms with E-state index < -0.39 is 5.60 Å². The molecular weight excluding hydrogens is 240 g/mol. The molecular formula is C12H15BrO. The van der Waals surface area contributed by atoms with Crippen molar-refractivity contribution >= 4 is 15.9 Å². The molecule has 4 bridgehead atoms. The molecule has 2 heteroatoms. The lowest BCUT2D eigenvalue weighted by atomic mass is 9.50. The van der Waals surface area contributed by atoms with Gasteiger partial charge < -0.3 is 5.11 Å². The van der Waals surface area contributed by atoms with Crippen LogP contribution in [0.3, 0.4) is 0 Å². The first kappa shape index (κ1) is 9.24. The number of hydrogen-bond acceptors (Lipinski definition) is 1. The van der Waals surface area contributed by atoms with Gasteiger partial charge in [-0.05, 0) is 60.6 Å². The van der Waals surface area contributed by atoms with E-state index in [1.54, 1.807) is 0 Å². The van der Waals surface area contributed by atoms with E-state index in [-0.39, 0.29) is 0 Å². The summed E-state index contributed by atoms with van der Waals surface area (Å²) in [7, 11) is 0. The van der Waals surface area contributed by atoms with Crippen molar-refractivity contribution in [1.29, 1.82) is 0 Å². The largest absolute Gasteiger partial charge is 0.377 e. The van der Waals surface area contributed by atoms with Gasteiger partial charge in [0.1, 0.15) is 5.60 Å². The second-order valence-electron chi connectivity index (χ2n) is 5.35. The molecule has 76 valence electrons.